The highest BCUT2D eigenvalue weighted by atomic mass is 35.5. The van der Waals surface area contributed by atoms with Crippen molar-refractivity contribution in [1.82, 2.24) is 29.9 Å². The summed E-state index contributed by atoms with van der Waals surface area (Å²) >= 11 is 0. The van der Waals surface area contributed by atoms with Crippen LogP contribution in [0.15, 0.2) is 36.7 Å². The molecule has 2 fully saturated rings. The van der Waals surface area contributed by atoms with Crippen molar-refractivity contribution >= 4 is 35.3 Å². The summed E-state index contributed by atoms with van der Waals surface area (Å²) in [6.45, 7) is 4.76. The van der Waals surface area contributed by atoms with Gasteiger partial charge in [0.15, 0.2) is 0 Å². The number of aryl methyl sites for hydroxylation is 1. The van der Waals surface area contributed by atoms with Crippen LogP contribution in [0.3, 0.4) is 0 Å². The summed E-state index contributed by atoms with van der Waals surface area (Å²) in [5.74, 6) is 1.12. The molecule has 30 heavy (non-hydrogen) atoms. The number of nitrogens with zero attached hydrogens (tertiary/aromatic N) is 6. The van der Waals surface area contributed by atoms with Gasteiger partial charge in [0.05, 0.1) is 23.1 Å². The fraction of sp³-hybridized carbons (Fsp3) is 0.400. The number of hydrogen-bond acceptors (Lipinski definition) is 7. The third-order valence-corrected chi connectivity index (χ3v) is 6.09. The van der Waals surface area contributed by atoms with Crippen LogP contribution >= 0.6 is 12.4 Å². The average molecular weight is 430 g/mol. The molecule has 0 radical (unpaired) electrons. The molecular formula is C20H24ClN7O2. The van der Waals surface area contributed by atoms with Crippen LogP contribution in [0.25, 0.3) is 11.0 Å². The number of amides is 1. The fourth-order valence-corrected chi connectivity index (χ4v) is 4.58. The summed E-state index contributed by atoms with van der Waals surface area (Å²) in [7, 11) is 2.08. The van der Waals surface area contributed by atoms with E-state index in [1.165, 1.54) is 17.9 Å². The molecule has 2 N–H and O–H groups in total. The molecule has 3 aromatic rings. The van der Waals surface area contributed by atoms with Gasteiger partial charge in [-0.25, -0.2) is 20.4 Å². The van der Waals surface area contributed by atoms with Crippen molar-refractivity contribution in [1.29, 1.82) is 0 Å². The molecule has 0 unspecified atom stereocenters. The maximum absolute atomic E-state index is 11.4. The zero-order chi connectivity index (χ0) is 20.0. The maximum Gasteiger partial charge on any atom is 0.277 e. The highest BCUT2D eigenvalue weighted by Gasteiger charge is 2.48. The maximum atomic E-state index is 11.4. The van der Waals surface area contributed by atoms with Crippen LogP contribution in [0.1, 0.15) is 22.6 Å². The van der Waals surface area contributed by atoms with Gasteiger partial charge in [-0.3, -0.25) is 14.9 Å². The Hall–Kier alpha value is -2.75. The van der Waals surface area contributed by atoms with E-state index in [4.69, 9.17) is 10.2 Å². The molecule has 0 atom stereocenters. The molecule has 2 saturated heterocycles. The number of halogens is 1. The number of carbonyl (C=O) groups is 1. The lowest BCUT2D eigenvalue weighted by Gasteiger charge is -2.47. The van der Waals surface area contributed by atoms with Crippen LogP contribution in [0.2, 0.25) is 0 Å². The third kappa shape index (κ3) is 3.49. The lowest BCUT2D eigenvalue weighted by atomic mass is 9.79. The number of rotatable bonds is 4. The molecule has 1 spiro atoms. The number of hydrogen-bond donors (Lipinski definition) is 2. The number of benzene rings is 1. The predicted octanol–water partition coefficient (Wildman–Crippen LogP) is 1.62. The van der Waals surface area contributed by atoms with Crippen molar-refractivity contribution in [3.8, 4) is 0 Å². The minimum atomic E-state index is -0.606. The first-order valence-corrected chi connectivity index (χ1v) is 9.71. The molecule has 0 bridgehead atoms. The summed E-state index contributed by atoms with van der Waals surface area (Å²) in [5.41, 5.74) is 4.32. The third-order valence-electron chi connectivity index (χ3n) is 6.09. The van der Waals surface area contributed by atoms with E-state index in [0.717, 1.165) is 50.5 Å². The lowest BCUT2D eigenvalue weighted by Crippen LogP contribution is -2.57. The van der Waals surface area contributed by atoms with E-state index in [2.05, 4.69) is 43.5 Å². The second kappa shape index (κ2) is 7.82. The van der Waals surface area contributed by atoms with Crippen LogP contribution in [0.5, 0.6) is 0 Å². The largest absolute Gasteiger partial charge is 0.340 e. The molecule has 0 saturated carbocycles. The molecule has 2 aromatic heterocycles. The van der Waals surface area contributed by atoms with Crippen molar-refractivity contribution in [2.75, 3.05) is 31.1 Å². The number of likely N-dealkylation sites (tertiary alicyclic amines) is 1. The number of fused-ring (bicyclic) bond motifs is 1. The first kappa shape index (κ1) is 20.5. The highest BCUT2D eigenvalue weighted by molar-refractivity contribution is 5.92. The standard InChI is InChI=1S/C20H23N7O2.ClH/c1-25-16-5-3-2-4-15(16)23-17(25)10-26-11-20(12-26)6-7-27(13-20)19-21-8-14(9-22-19)18(28)24-29;/h2-5,8-9,29H,6-7,10-13H2,1H3,(H,24,28);1H. The van der Waals surface area contributed by atoms with Crippen molar-refractivity contribution < 1.29 is 10.0 Å². The van der Waals surface area contributed by atoms with Gasteiger partial charge in [0.25, 0.3) is 5.91 Å². The van der Waals surface area contributed by atoms with Crippen LogP contribution < -0.4 is 10.4 Å². The van der Waals surface area contributed by atoms with Crippen molar-refractivity contribution in [2.24, 2.45) is 12.5 Å². The minimum absolute atomic E-state index is 0. The number of aromatic nitrogens is 4. The average Bonchev–Trinajstić information content (AvgIpc) is 3.30. The van der Waals surface area contributed by atoms with Crippen molar-refractivity contribution in [2.45, 2.75) is 13.0 Å². The van der Waals surface area contributed by atoms with Gasteiger partial charge in [-0.2, -0.15) is 0 Å². The van der Waals surface area contributed by atoms with Gasteiger partial charge >= 0.3 is 0 Å². The van der Waals surface area contributed by atoms with Crippen LogP contribution in [-0.4, -0.2) is 61.7 Å². The topological polar surface area (TPSA) is 99.4 Å². The smallest absolute Gasteiger partial charge is 0.277 e. The van der Waals surface area contributed by atoms with E-state index in [1.54, 1.807) is 5.48 Å². The Bertz CT molecular complexity index is 1060. The van der Waals surface area contributed by atoms with E-state index < -0.39 is 5.91 Å². The normalized spacial score (nSPS) is 17.7. The number of imidazole rings is 1. The van der Waals surface area contributed by atoms with Gasteiger partial charge in [-0.05, 0) is 18.6 Å². The van der Waals surface area contributed by atoms with Gasteiger partial charge in [0, 0.05) is 51.0 Å². The lowest BCUT2D eigenvalue weighted by molar-refractivity contribution is 0.00923. The SMILES string of the molecule is Cl.Cn1c(CN2CC3(CCN(c4ncc(C(=O)NO)cn4)C3)C2)nc2ccccc21. The Balaban J connectivity index is 0.00000218. The van der Waals surface area contributed by atoms with E-state index in [9.17, 15) is 4.79 Å². The number of anilines is 1. The zero-order valence-electron chi connectivity index (χ0n) is 16.7. The van der Waals surface area contributed by atoms with E-state index in [1.807, 2.05) is 12.1 Å². The summed E-state index contributed by atoms with van der Waals surface area (Å²) in [4.78, 5) is 29.4. The molecule has 5 rings (SSSR count). The molecule has 2 aliphatic rings. The van der Waals surface area contributed by atoms with Crippen LogP contribution in [-0.2, 0) is 13.6 Å². The molecule has 1 amide bonds. The Labute approximate surface area is 180 Å². The Kier molecular flexibility index (Phi) is 5.35. The molecule has 9 nitrogen and oxygen atoms in total. The molecule has 1 aromatic carbocycles. The van der Waals surface area contributed by atoms with Crippen LogP contribution in [0, 0.1) is 5.41 Å². The zero-order valence-corrected chi connectivity index (χ0v) is 17.5. The molecule has 0 aliphatic carbocycles. The van der Waals surface area contributed by atoms with Crippen molar-refractivity contribution in [3.05, 3.63) is 48.0 Å². The first-order valence-electron chi connectivity index (χ1n) is 9.71. The van der Waals surface area contributed by atoms with Gasteiger partial charge in [0.2, 0.25) is 5.95 Å². The summed E-state index contributed by atoms with van der Waals surface area (Å²) in [6, 6.07) is 8.23. The second-order valence-corrected chi connectivity index (χ2v) is 8.11. The number of nitrogens with one attached hydrogen (secondary N) is 1. The highest BCUT2D eigenvalue weighted by Crippen LogP contribution is 2.41. The van der Waals surface area contributed by atoms with Gasteiger partial charge < -0.3 is 9.47 Å². The van der Waals surface area contributed by atoms with Gasteiger partial charge in [0.1, 0.15) is 5.82 Å². The number of para-hydroxylation sites is 2. The van der Waals surface area contributed by atoms with Crippen molar-refractivity contribution in [3.63, 3.8) is 0 Å². The number of carbonyl (C=O) groups excluding carboxylic acids is 1. The van der Waals surface area contributed by atoms with E-state index >= 15 is 0 Å². The van der Waals surface area contributed by atoms with E-state index in [-0.39, 0.29) is 23.4 Å². The first-order chi connectivity index (χ1) is 14.1. The Morgan fingerprint density at radius 1 is 1.20 bits per heavy atom. The minimum Gasteiger partial charge on any atom is -0.340 e. The monoisotopic (exact) mass is 429 g/mol. The summed E-state index contributed by atoms with van der Waals surface area (Å²) < 4.78 is 2.18. The number of hydroxylamine groups is 1. The molecule has 2 aliphatic heterocycles. The molecular weight excluding hydrogens is 406 g/mol. The van der Waals surface area contributed by atoms with Gasteiger partial charge in [-0.1, -0.05) is 12.1 Å². The predicted molar refractivity (Wildman–Crippen MR) is 114 cm³/mol. The Morgan fingerprint density at radius 2 is 1.93 bits per heavy atom. The van der Waals surface area contributed by atoms with Crippen LogP contribution in [0.4, 0.5) is 5.95 Å². The van der Waals surface area contributed by atoms with E-state index in [0.29, 0.717) is 5.95 Å². The molecule has 10 heteroatoms. The Morgan fingerprint density at radius 3 is 2.63 bits per heavy atom. The van der Waals surface area contributed by atoms with Gasteiger partial charge in [-0.15, -0.1) is 12.4 Å². The quantitative estimate of drug-likeness (QED) is 0.480. The summed E-state index contributed by atoms with van der Waals surface area (Å²) in [5, 5.41) is 8.69. The molecule has 4 heterocycles. The fourth-order valence-electron chi connectivity index (χ4n) is 4.58. The second-order valence-electron chi connectivity index (χ2n) is 8.11. The summed E-state index contributed by atoms with van der Waals surface area (Å²) in [6.07, 6.45) is 3.99. The molecule has 158 valence electrons.